The minimum Gasteiger partial charge on any atom is -0.457 e. The molecule has 0 spiro atoms. The summed E-state index contributed by atoms with van der Waals surface area (Å²) in [6.45, 7) is 8.13. The second kappa shape index (κ2) is 8.71. The van der Waals surface area contributed by atoms with Crippen LogP contribution >= 0.6 is 11.8 Å². The number of carbonyl (C=O) groups excluding carboxylic acids is 2. The molecule has 31 heavy (non-hydrogen) atoms. The fourth-order valence-electron chi connectivity index (χ4n) is 3.84. The van der Waals surface area contributed by atoms with E-state index in [0.717, 1.165) is 11.1 Å². The summed E-state index contributed by atoms with van der Waals surface area (Å²) in [5, 5.41) is 0.413. The fourth-order valence-corrected chi connectivity index (χ4v) is 4.87. The Balaban J connectivity index is 1.70. The van der Waals surface area contributed by atoms with Crippen LogP contribution in [0.15, 0.2) is 70.9 Å². The number of nitrogens with zero attached hydrogens (tertiary/aromatic N) is 2. The number of fused-ring (bicyclic) bond motifs is 1. The Hall–Kier alpha value is -2.86. The third-order valence-corrected chi connectivity index (χ3v) is 6.66. The van der Waals surface area contributed by atoms with Crippen LogP contribution in [0.2, 0.25) is 0 Å². The molecular weight excluding hydrogens is 408 g/mol. The molecule has 160 valence electrons. The lowest BCUT2D eigenvalue weighted by Gasteiger charge is -2.33. The highest BCUT2D eigenvalue weighted by Crippen LogP contribution is 2.43. The van der Waals surface area contributed by atoms with Gasteiger partial charge in [0.05, 0.1) is 22.6 Å². The minimum absolute atomic E-state index is 0.0393. The molecule has 1 amide bonds. The Kier molecular flexibility index (Phi) is 6.01. The summed E-state index contributed by atoms with van der Waals surface area (Å²) in [5.41, 5.74) is 4.01. The van der Waals surface area contributed by atoms with Gasteiger partial charge in [0.1, 0.15) is 6.61 Å². The van der Waals surface area contributed by atoms with Gasteiger partial charge in [0.15, 0.2) is 5.17 Å². The molecule has 1 saturated heterocycles. The average Bonchev–Trinajstić information content (AvgIpc) is 3.05. The van der Waals surface area contributed by atoms with Crippen LogP contribution in [0, 0.1) is 0 Å². The summed E-state index contributed by atoms with van der Waals surface area (Å²) in [6, 6.07) is 17.1. The van der Waals surface area contributed by atoms with Crippen molar-refractivity contribution < 1.29 is 14.3 Å². The van der Waals surface area contributed by atoms with Gasteiger partial charge < -0.3 is 4.74 Å². The van der Waals surface area contributed by atoms with Gasteiger partial charge in [-0.15, -0.1) is 0 Å². The molecule has 0 aliphatic carbocycles. The van der Waals surface area contributed by atoms with Gasteiger partial charge in [0, 0.05) is 0 Å². The van der Waals surface area contributed by atoms with E-state index in [2.05, 4.69) is 31.0 Å². The van der Waals surface area contributed by atoms with E-state index in [4.69, 9.17) is 4.74 Å². The van der Waals surface area contributed by atoms with Crippen LogP contribution in [0.4, 0.5) is 0 Å². The Morgan fingerprint density at radius 3 is 2.45 bits per heavy atom. The third kappa shape index (κ3) is 4.17. The minimum atomic E-state index is -0.540. The normalized spacial score (nSPS) is 20.7. The van der Waals surface area contributed by atoms with Crippen molar-refractivity contribution in [2.75, 3.05) is 0 Å². The third-order valence-electron chi connectivity index (χ3n) is 5.61. The molecule has 0 N–H and O–H groups in total. The lowest BCUT2D eigenvalue weighted by molar-refractivity contribution is -0.141. The average molecular weight is 435 g/mol. The topological polar surface area (TPSA) is 59.0 Å². The maximum atomic E-state index is 13.2. The van der Waals surface area contributed by atoms with E-state index < -0.39 is 12.0 Å². The van der Waals surface area contributed by atoms with E-state index in [-0.39, 0.29) is 17.8 Å². The first-order chi connectivity index (χ1) is 14.9. The second-order valence-electron chi connectivity index (χ2n) is 8.15. The number of amidine groups is 1. The van der Waals surface area contributed by atoms with Crippen LogP contribution in [0.1, 0.15) is 56.3 Å². The van der Waals surface area contributed by atoms with Crippen LogP contribution in [-0.2, 0) is 20.9 Å². The standard InChI is InChI=1S/C25H26N2O3S/c1-15(2)19-10-12-20(13-11-19)22-21(24(29)30-14-18-8-6-5-7-9-18)16(3)26-25-27(22)23(28)17(4)31-25/h5-13,15,17,22H,14H2,1-4H3. The number of allylic oxidation sites excluding steroid dienone is 1. The molecule has 6 heteroatoms. The molecule has 2 atom stereocenters. The van der Waals surface area contributed by atoms with Crippen LogP contribution < -0.4 is 0 Å². The molecule has 1 fully saturated rings. The summed E-state index contributed by atoms with van der Waals surface area (Å²) < 4.78 is 5.65. The van der Waals surface area contributed by atoms with Crippen molar-refractivity contribution in [2.24, 2.45) is 4.99 Å². The van der Waals surface area contributed by atoms with E-state index in [1.54, 1.807) is 4.90 Å². The van der Waals surface area contributed by atoms with Crippen LogP contribution in [0.5, 0.6) is 0 Å². The number of esters is 1. The predicted molar refractivity (Wildman–Crippen MR) is 124 cm³/mol. The smallest absolute Gasteiger partial charge is 0.338 e. The van der Waals surface area contributed by atoms with Crippen LogP contribution in [0.25, 0.3) is 0 Å². The van der Waals surface area contributed by atoms with Gasteiger partial charge in [-0.3, -0.25) is 9.69 Å². The molecule has 2 unspecified atom stereocenters. The van der Waals surface area contributed by atoms with Crippen molar-refractivity contribution in [3.8, 4) is 0 Å². The predicted octanol–water partition coefficient (Wildman–Crippen LogP) is 5.20. The maximum Gasteiger partial charge on any atom is 0.338 e. The van der Waals surface area contributed by atoms with Gasteiger partial charge in [-0.2, -0.15) is 0 Å². The molecule has 2 aliphatic heterocycles. The fraction of sp³-hybridized carbons (Fsp3) is 0.320. The number of carbonyl (C=O) groups is 2. The van der Waals surface area contributed by atoms with Crippen molar-refractivity contribution >= 4 is 28.8 Å². The summed E-state index contributed by atoms with van der Waals surface area (Å²) in [7, 11) is 0. The van der Waals surface area contributed by atoms with Crippen molar-refractivity contribution in [3.63, 3.8) is 0 Å². The van der Waals surface area contributed by atoms with E-state index in [9.17, 15) is 9.59 Å². The summed E-state index contributed by atoms with van der Waals surface area (Å²) in [4.78, 5) is 32.5. The monoisotopic (exact) mass is 434 g/mol. The number of thioether (sulfide) groups is 1. The lowest BCUT2D eigenvalue weighted by atomic mass is 9.92. The van der Waals surface area contributed by atoms with Gasteiger partial charge in [0.2, 0.25) is 5.91 Å². The molecule has 2 heterocycles. The highest BCUT2D eigenvalue weighted by atomic mass is 32.2. The number of hydrogen-bond donors (Lipinski definition) is 0. The quantitative estimate of drug-likeness (QED) is 0.607. The highest BCUT2D eigenvalue weighted by Gasteiger charge is 2.46. The number of hydrogen-bond acceptors (Lipinski definition) is 5. The van der Waals surface area contributed by atoms with Crippen molar-refractivity contribution in [2.45, 2.75) is 51.5 Å². The number of rotatable bonds is 5. The van der Waals surface area contributed by atoms with Crippen molar-refractivity contribution in [1.29, 1.82) is 0 Å². The zero-order valence-corrected chi connectivity index (χ0v) is 19.0. The van der Waals surface area contributed by atoms with E-state index in [1.165, 1.54) is 17.3 Å². The van der Waals surface area contributed by atoms with Crippen LogP contribution in [-0.4, -0.2) is 27.2 Å². The zero-order chi connectivity index (χ0) is 22.1. The highest BCUT2D eigenvalue weighted by molar-refractivity contribution is 8.15. The summed E-state index contributed by atoms with van der Waals surface area (Å²) in [6.07, 6.45) is 0. The number of ether oxygens (including phenoxy) is 1. The number of amides is 1. The van der Waals surface area contributed by atoms with Gasteiger partial charge in [-0.1, -0.05) is 80.2 Å². The van der Waals surface area contributed by atoms with Crippen molar-refractivity contribution in [1.82, 2.24) is 4.90 Å². The summed E-state index contributed by atoms with van der Waals surface area (Å²) in [5.74, 6) is -0.0869. The molecule has 0 saturated carbocycles. The van der Waals surface area contributed by atoms with Crippen LogP contribution in [0.3, 0.4) is 0 Å². The Morgan fingerprint density at radius 2 is 1.81 bits per heavy atom. The van der Waals surface area contributed by atoms with Crippen molar-refractivity contribution in [3.05, 3.63) is 82.6 Å². The molecule has 2 aliphatic rings. The molecule has 2 aromatic rings. The van der Waals surface area contributed by atoms with E-state index >= 15 is 0 Å². The Bertz CT molecular complexity index is 1060. The Labute approximate surface area is 187 Å². The SMILES string of the molecule is CC1=C(C(=O)OCc2ccccc2)C(c2ccc(C(C)C)cc2)N2C(=O)C(C)SC2=N1. The zero-order valence-electron chi connectivity index (χ0n) is 18.2. The first kappa shape index (κ1) is 21.4. The molecule has 2 aromatic carbocycles. The number of benzene rings is 2. The first-order valence-electron chi connectivity index (χ1n) is 10.5. The van der Waals surface area contributed by atoms with E-state index in [0.29, 0.717) is 22.4 Å². The first-order valence-corrected chi connectivity index (χ1v) is 11.3. The maximum absolute atomic E-state index is 13.2. The molecule has 5 nitrogen and oxygen atoms in total. The molecule has 4 rings (SSSR count). The van der Waals surface area contributed by atoms with Gasteiger partial charge >= 0.3 is 5.97 Å². The van der Waals surface area contributed by atoms with Gasteiger partial charge in [0.25, 0.3) is 0 Å². The largest absolute Gasteiger partial charge is 0.457 e. The van der Waals surface area contributed by atoms with Gasteiger partial charge in [-0.05, 0) is 36.5 Å². The Morgan fingerprint density at radius 1 is 1.13 bits per heavy atom. The molecular formula is C25H26N2O3S. The molecule has 0 bridgehead atoms. The second-order valence-corrected chi connectivity index (χ2v) is 9.46. The summed E-state index contributed by atoms with van der Waals surface area (Å²) >= 11 is 1.43. The molecule has 0 aromatic heterocycles. The van der Waals surface area contributed by atoms with E-state index in [1.807, 2.05) is 56.3 Å². The molecule has 0 radical (unpaired) electrons. The lowest BCUT2D eigenvalue weighted by Crippen LogP contribution is -2.40. The van der Waals surface area contributed by atoms with Gasteiger partial charge in [-0.25, -0.2) is 9.79 Å². The number of aliphatic imine (C=N–C) groups is 1.